The standard InChI is InChI=1S/C14H19BrClN/c1-11-5-3-2-4-8-17(11)14-7-6-13(16)9-12(14)10-15/h6-7,9,11H,2-5,8,10H2,1H3. The summed E-state index contributed by atoms with van der Waals surface area (Å²) in [5.41, 5.74) is 2.65. The number of benzene rings is 1. The number of hydrogen-bond donors (Lipinski definition) is 0. The number of hydrogen-bond acceptors (Lipinski definition) is 1. The Hall–Kier alpha value is -0.210. The van der Waals surface area contributed by atoms with Crippen LogP contribution < -0.4 is 4.90 Å². The molecular weight excluding hydrogens is 298 g/mol. The van der Waals surface area contributed by atoms with E-state index in [1.807, 2.05) is 6.07 Å². The van der Waals surface area contributed by atoms with Crippen LogP contribution in [-0.4, -0.2) is 12.6 Å². The van der Waals surface area contributed by atoms with Gasteiger partial charge in [-0.25, -0.2) is 0 Å². The number of alkyl halides is 1. The van der Waals surface area contributed by atoms with Crippen molar-refractivity contribution >= 4 is 33.2 Å². The van der Waals surface area contributed by atoms with Gasteiger partial charge in [0.1, 0.15) is 0 Å². The second kappa shape index (κ2) is 6.10. The third-order valence-electron chi connectivity index (χ3n) is 3.55. The van der Waals surface area contributed by atoms with E-state index in [1.54, 1.807) is 0 Å². The summed E-state index contributed by atoms with van der Waals surface area (Å²) in [6, 6.07) is 6.88. The minimum absolute atomic E-state index is 0.636. The van der Waals surface area contributed by atoms with Crippen molar-refractivity contribution in [3.8, 4) is 0 Å². The molecule has 17 heavy (non-hydrogen) atoms. The van der Waals surface area contributed by atoms with Crippen LogP contribution in [0.2, 0.25) is 5.02 Å². The van der Waals surface area contributed by atoms with E-state index in [9.17, 15) is 0 Å². The van der Waals surface area contributed by atoms with Crippen molar-refractivity contribution in [2.24, 2.45) is 0 Å². The van der Waals surface area contributed by atoms with Crippen molar-refractivity contribution in [3.05, 3.63) is 28.8 Å². The maximum atomic E-state index is 6.06. The summed E-state index contributed by atoms with van der Waals surface area (Å²) in [5, 5.41) is 1.69. The van der Waals surface area contributed by atoms with Crippen LogP contribution in [0.1, 0.15) is 38.2 Å². The molecule has 1 aromatic carbocycles. The molecule has 0 aliphatic carbocycles. The van der Waals surface area contributed by atoms with Gasteiger partial charge in [-0.05, 0) is 43.5 Å². The first-order chi connectivity index (χ1) is 8.22. The predicted octanol–water partition coefficient (Wildman–Crippen LogP) is 5.00. The molecule has 2 rings (SSSR count). The first-order valence-electron chi connectivity index (χ1n) is 6.33. The lowest BCUT2D eigenvalue weighted by molar-refractivity contribution is 0.615. The van der Waals surface area contributed by atoms with Gasteiger partial charge in [-0.1, -0.05) is 40.4 Å². The maximum Gasteiger partial charge on any atom is 0.0410 e. The zero-order valence-electron chi connectivity index (χ0n) is 10.3. The molecule has 0 N–H and O–H groups in total. The van der Waals surface area contributed by atoms with E-state index in [1.165, 1.54) is 43.5 Å². The number of anilines is 1. The van der Waals surface area contributed by atoms with E-state index in [-0.39, 0.29) is 0 Å². The molecule has 0 bridgehead atoms. The minimum atomic E-state index is 0.636. The van der Waals surface area contributed by atoms with E-state index in [0.717, 1.165) is 10.4 Å². The van der Waals surface area contributed by atoms with Crippen LogP contribution in [0.15, 0.2) is 18.2 Å². The highest BCUT2D eigenvalue weighted by molar-refractivity contribution is 9.08. The second-order valence-corrected chi connectivity index (χ2v) is 5.80. The fourth-order valence-corrected chi connectivity index (χ4v) is 3.22. The van der Waals surface area contributed by atoms with Crippen molar-refractivity contribution < 1.29 is 0 Å². The maximum absolute atomic E-state index is 6.06. The molecule has 1 atom stereocenters. The Morgan fingerprint density at radius 3 is 2.94 bits per heavy atom. The fourth-order valence-electron chi connectivity index (χ4n) is 2.57. The third kappa shape index (κ3) is 3.17. The zero-order valence-corrected chi connectivity index (χ0v) is 12.6. The Morgan fingerprint density at radius 2 is 2.18 bits per heavy atom. The van der Waals surface area contributed by atoms with Crippen LogP contribution in [0.25, 0.3) is 0 Å². The molecule has 1 fully saturated rings. The van der Waals surface area contributed by atoms with Crippen LogP contribution in [0.5, 0.6) is 0 Å². The Bertz CT molecular complexity index is 380. The summed E-state index contributed by atoms with van der Waals surface area (Å²) in [5.74, 6) is 0. The Morgan fingerprint density at radius 1 is 1.35 bits per heavy atom. The van der Waals surface area contributed by atoms with Gasteiger partial charge in [-0.2, -0.15) is 0 Å². The molecule has 1 aliphatic rings. The molecule has 0 saturated carbocycles. The topological polar surface area (TPSA) is 3.24 Å². The summed E-state index contributed by atoms with van der Waals surface area (Å²) in [6.07, 6.45) is 5.31. The molecule has 0 amide bonds. The third-order valence-corrected chi connectivity index (χ3v) is 4.39. The van der Waals surface area contributed by atoms with Crippen molar-refractivity contribution in [1.82, 2.24) is 0 Å². The van der Waals surface area contributed by atoms with Gasteiger partial charge in [0, 0.05) is 28.6 Å². The predicted molar refractivity (Wildman–Crippen MR) is 79.4 cm³/mol. The Labute approximate surface area is 117 Å². The van der Waals surface area contributed by atoms with Gasteiger partial charge in [0.05, 0.1) is 0 Å². The lowest BCUT2D eigenvalue weighted by Gasteiger charge is -2.31. The van der Waals surface area contributed by atoms with Crippen LogP contribution in [0, 0.1) is 0 Å². The van der Waals surface area contributed by atoms with Crippen LogP contribution in [0.4, 0.5) is 5.69 Å². The Balaban J connectivity index is 2.30. The SMILES string of the molecule is CC1CCCCCN1c1ccc(Cl)cc1CBr. The molecule has 1 aliphatic heterocycles. The highest BCUT2D eigenvalue weighted by Crippen LogP contribution is 2.30. The summed E-state index contributed by atoms with van der Waals surface area (Å²) < 4.78 is 0. The first-order valence-corrected chi connectivity index (χ1v) is 7.83. The monoisotopic (exact) mass is 315 g/mol. The largest absolute Gasteiger partial charge is 0.369 e. The summed E-state index contributed by atoms with van der Waals surface area (Å²) in [6.45, 7) is 3.50. The molecule has 1 nitrogen and oxygen atoms in total. The van der Waals surface area contributed by atoms with Crippen molar-refractivity contribution in [2.45, 2.75) is 44.0 Å². The summed E-state index contributed by atoms with van der Waals surface area (Å²) in [4.78, 5) is 2.54. The molecule has 1 aromatic rings. The zero-order chi connectivity index (χ0) is 12.3. The highest BCUT2D eigenvalue weighted by Gasteiger charge is 2.19. The average Bonchev–Trinajstić information content (AvgIpc) is 2.54. The quantitative estimate of drug-likeness (QED) is 0.694. The van der Waals surface area contributed by atoms with Crippen molar-refractivity contribution in [1.29, 1.82) is 0 Å². The van der Waals surface area contributed by atoms with Gasteiger partial charge in [0.25, 0.3) is 0 Å². The average molecular weight is 317 g/mol. The van der Waals surface area contributed by atoms with Crippen LogP contribution >= 0.6 is 27.5 Å². The first kappa shape index (κ1) is 13.2. The Kier molecular flexibility index (Phi) is 4.75. The van der Waals surface area contributed by atoms with Gasteiger partial charge in [0.15, 0.2) is 0 Å². The number of rotatable bonds is 2. The molecule has 0 aromatic heterocycles. The number of halogens is 2. The smallest absolute Gasteiger partial charge is 0.0410 e. The fraction of sp³-hybridized carbons (Fsp3) is 0.571. The van der Waals surface area contributed by atoms with E-state index in [4.69, 9.17) is 11.6 Å². The lowest BCUT2D eigenvalue weighted by atomic mass is 10.1. The van der Waals surface area contributed by atoms with E-state index >= 15 is 0 Å². The molecule has 1 unspecified atom stereocenters. The molecule has 0 radical (unpaired) electrons. The van der Waals surface area contributed by atoms with Gasteiger partial charge in [-0.3, -0.25) is 0 Å². The van der Waals surface area contributed by atoms with Crippen molar-refractivity contribution in [3.63, 3.8) is 0 Å². The number of nitrogens with zero attached hydrogens (tertiary/aromatic N) is 1. The molecular formula is C14H19BrClN. The molecule has 0 spiro atoms. The van der Waals surface area contributed by atoms with Gasteiger partial charge in [-0.15, -0.1) is 0 Å². The van der Waals surface area contributed by atoms with Gasteiger partial charge < -0.3 is 4.90 Å². The lowest BCUT2D eigenvalue weighted by Crippen LogP contribution is -2.33. The molecule has 3 heteroatoms. The van der Waals surface area contributed by atoms with Crippen molar-refractivity contribution in [2.75, 3.05) is 11.4 Å². The van der Waals surface area contributed by atoms with E-state index in [0.29, 0.717) is 6.04 Å². The summed E-state index contributed by atoms with van der Waals surface area (Å²) in [7, 11) is 0. The molecule has 1 heterocycles. The van der Waals surface area contributed by atoms with Gasteiger partial charge >= 0.3 is 0 Å². The second-order valence-electron chi connectivity index (χ2n) is 4.80. The minimum Gasteiger partial charge on any atom is -0.369 e. The van der Waals surface area contributed by atoms with Crippen LogP contribution in [0.3, 0.4) is 0 Å². The van der Waals surface area contributed by atoms with E-state index < -0.39 is 0 Å². The highest BCUT2D eigenvalue weighted by atomic mass is 79.9. The van der Waals surface area contributed by atoms with Gasteiger partial charge in [0.2, 0.25) is 0 Å². The normalized spacial score (nSPS) is 21.4. The van der Waals surface area contributed by atoms with E-state index in [2.05, 4.69) is 39.9 Å². The van der Waals surface area contributed by atoms with Crippen LogP contribution in [-0.2, 0) is 5.33 Å². The molecule has 1 saturated heterocycles. The summed E-state index contributed by atoms with van der Waals surface area (Å²) >= 11 is 9.63. The molecule has 94 valence electrons.